The second kappa shape index (κ2) is 8.45. The van der Waals surface area contributed by atoms with Crippen LogP contribution >= 0.6 is 11.6 Å². The van der Waals surface area contributed by atoms with Crippen LogP contribution in [0.25, 0.3) is 22.4 Å². The number of halogens is 1. The Balaban J connectivity index is 1.69. The van der Waals surface area contributed by atoms with Crippen LogP contribution < -0.4 is 14.2 Å². The molecule has 0 unspecified atom stereocenters. The van der Waals surface area contributed by atoms with Crippen LogP contribution in [0.4, 0.5) is 0 Å². The molecule has 4 aromatic rings. The minimum absolute atomic E-state index is 0.463. The van der Waals surface area contributed by atoms with Gasteiger partial charge in [-0.2, -0.15) is 0 Å². The highest BCUT2D eigenvalue weighted by Crippen LogP contribution is 2.33. The molecule has 0 spiro atoms. The molecule has 4 rings (SSSR count). The van der Waals surface area contributed by atoms with Gasteiger partial charge in [-0.05, 0) is 42.5 Å². The van der Waals surface area contributed by atoms with Crippen LogP contribution in [0.5, 0.6) is 17.2 Å². The lowest BCUT2D eigenvalue weighted by Crippen LogP contribution is -2.09. The van der Waals surface area contributed by atoms with Crippen molar-refractivity contribution in [2.45, 2.75) is 6.54 Å². The van der Waals surface area contributed by atoms with Crippen LogP contribution in [0.3, 0.4) is 0 Å². The number of nitrogens with zero attached hydrogens (tertiary/aromatic N) is 2. The number of ether oxygens (including phenoxy) is 3. The summed E-state index contributed by atoms with van der Waals surface area (Å²) < 4.78 is 18.9. The average molecular weight is 409 g/mol. The van der Waals surface area contributed by atoms with E-state index in [0.29, 0.717) is 35.4 Å². The van der Waals surface area contributed by atoms with Crippen LogP contribution in [0.1, 0.15) is 0 Å². The zero-order valence-corrected chi connectivity index (χ0v) is 17.0. The molecule has 0 bridgehead atoms. The summed E-state index contributed by atoms with van der Waals surface area (Å²) in [6.45, 7) is 1.08. The maximum Gasteiger partial charge on any atom is 0.161 e. The van der Waals surface area contributed by atoms with Crippen LogP contribution in [-0.2, 0) is 6.54 Å². The van der Waals surface area contributed by atoms with E-state index in [1.54, 1.807) is 14.2 Å². The minimum atomic E-state index is 0.463. The summed E-state index contributed by atoms with van der Waals surface area (Å²) >= 11 is 6.20. The van der Waals surface area contributed by atoms with Gasteiger partial charge in [0.05, 0.1) is 36.8 Å². The fourth-order valence-corrected chi connectivity index (χ4v) is 3.50. The van der Waals surface area contributed by atoms with Crippen LogP contribution in [0.2, 0.25) is 5.02 Å². The molecule has 0 fully saturated rings. The summed E-state index contributed by atoms with van der Waals surface area (Å²) in [5.41, 5.74) is 2.91. The van der Waals surface area contributed by atoms with E-state index in [-0.39, 0.29) is 0 Å². The molecule has 0 amide bonds. The van der Waals surface area contributed by atoms with Gasteiger partial charge in [-0.15, -0.1) is 0 Å². The molecule has 6 heteroatoms. The Hall–Kier alpha value is -3.18. The molecule has 0 aliphatic heterocycles. The van der Waals surface area contributed by atoms with E-state index in [1.165, 1.54) is 0 Å². The van der Waals surface area contributed by atoms with Crippen molar-refractivity contribution >= 4 is 22.6 Å². The number of fused-ring (bicyclic) bond motifs is 1. The summed E-state index contributed by atoms with van der Waals surface area (Å²) in [6.07, 6.45) is 0. The Morgan fingerprint density at radius 1 is 0.862 bits per heavy atom. The van der Waals surface area contributed by atoms with Gasteiger partial charge in [0.1, 0.15) is 18.2 Å². The van der Waals surface area contributed by atoms with Crippen molar-refractivity contribution in [2.75, 3.05) is 20.8 Å². The van der Waals surface area contributed by atoms with Gasteiger partial charge < -0.3 is 18.8 Å². The van der Waals surface area contributed by atoms with Gasteiger partial charge in [-0.3, -0.25) is 0 Å². The smallest absolute Gasteiger partial charge is 0.161 e. The Bertz CT molecular complexity index is 1140. The molecule has 1 aromatic heterocycles. The fraction of sp³-hybridized carbons (Fsp3) is 0.174. The largest absolute Gasteiger partial charge is 0.493 e. The van der Waals surface area contributed by atoms with Crippen molar-refractivity contribution in [1.82, 2.24) is 9.55 Å². The topological polar surface area (TPSA) is 45.5 Å². The molecule has 5 nitrogen and oxygen atoms in total. The van der Waals surface area contributed by atoms with Crippen LogP contribution in [0.15, 0.2) is 66.7 Å². The van der Waals surface area contributed by atoms with E-state index < -0.39 is 0 Å². The van der Waals surface area contributed by atoms with Gasteiger partial charge in [0.2, 0.25) is 0 Å². The molecule has 0 radical (unpaired) electrons. The number of hydrogen-bond donors (Lipinski definition) is 0. The van der Waals surface area contributed by atoms with Gasteiger partial charge in [0.25, 0.3) is 0 Å². The molecule has 0 saturated carbocycles. The normalized spacial score (nSPS) is 10.9. The SMILES string of the molecule is COc1ccc(-c2nc3ccccc3n2CCOc2ccccc2Cl)cc1OC. The Kier molecular flexibility index (Phi) is 5.58. The van der Waals surface area contributed by atoms with Crippen molar-refractivity contribution in [2.24, 2.45) is 0 Å². The highest BCUT2D eigenvalue weighted by atomic mass is 35.5. The zero-order chi connectivity index (χ0) is 20.2. The number of aromatic nitrogens is 2. The summed E-state index contributed by atoms with van der Waals surface area (Å²) in [6, 6.07) is 21.3. The first kappa shape index (κ1) is 19.2. The second-order valence-electron chi connectivity index (χ2n) is 6.42. The Morgan fingerprint density at radius 3 is 2.41 bits per heavy atom. The maximum atomic E-state index is 6.20. The Morgan fingerprint density at radius 2 is 1.62 bits per heavy atom. The summed E-state index contributed by atoms with van der Waals surface area (Å²) in [4.78, 5) is 4.84. The predicted molar refractivity (Wildman–Crippen MR) is 115 cm³/mol. The minimum Gasteiger partial charge on any atom is -0.493 e. The molecule has 1 heterocycles. The molecule has 0 saturated heterocycles. The average Bonchev–Trinajstić information content (AvgIpc) is 3.13. The number of imidazole rings is 1. The van der Waals surface area contributed by atoms with E-state index >= 15 is 0 Å². The lowest BCUT2D eigenvalue weighted by molar-refractivity contribution is 0.301. The molecule has 29 heavy (non-hydrogen) atoms. The highest BCUT2D eigenvalue weighted by Gasteiger charge is 2.15. The summed E-state index contributed by atoms with van der Waals surface area (Å²) in [5, 5.41) is 0.600. The van der Waals surface area contributed by atoms with Crippen molar-refractivity contribution in [1.29, 1.82) is 0 Å². The molecule has 0 aliphatic carbocycles. The van der Waals surface area contributed by atoms with Crippen molar-refractivity contribution in [3.63, 3.8) is 0 Å². The summed E-state index contributed by atoms with van der Waals surface area (Å²) in [5.74, 6) is 2.86. The first-order valence-corrected chi connectivity index (χ1v) is 9.64. The lowest BCUT2D eigenvalue weighted by Gasteiger charge is -2.13. The van der Waals surface area contributed by atoms with Crippen molar-refractivity contribution in [3.8, 4) is 28.6 Å². The number of para-hydroxylation sites is 3. The first-order chi connectivity index (χ1) is 14.2. The zero-order valence-electron chi connectivity index (χ0n) is 16.3. The Labute approximate surface area is 174 Å². The quantitative estimate of drug-likeness (QED) is 0.407. The maximum absolute atomic E-state index is 6.20. The second-order valence-corrected chi connectivity index (χ2v) is 6.83. The third kappa shape index (κ3) is 3.87. The predicted octanol–water partition coefficient (Wildman–Crippen LogP) is 5.45. The van der Waals surface area contributed by atoms with Gasteiger partial charge in [-0.1, -0.05) is 35.9 Å². The molecule has 148 valence electrons. The molecule has 0 N–H and O–H groups in total. The van der Waals surface area contributed by atoms with Gasteiger partial charge in [-0.25, -0.2) is 4.98 Å². The first-order valence-electron chi connectivity index (χ1n) is 9.26. The van der Waals surface area contributed by atoms with Gasteiger partial charge in [0.15, 0.2) is 11.5 Å². The highest BCUT2D eigenvalue weighted by molar-refractivity contribution is 6.32. The van der Waals surface area contributed by atoms with E-state index in [0.717, 1.165) is 22.4 Å². The third-order valence-corrected chi connectivity index (χ3v) is 5.02. The third-order valence-electron chi connectivity index (χ3n) is 4.71. The fourth-order valence-electron chi connectivity index (χ4n) is 3.31. The van der Waals surface area contributed by atoms with Crippen LogP contribution in [-0.4, -0.2) is 30.4 Å². The van der Waals surface area contributed by atoms with Crippen molar-refractivity contribution in [3.05, 3.63) is 71.8 Å². The molecule has 3 aromatic carbocycles. The van der Waals surface area contributed by atoms with Crippen LogP contribution in [0, 0.1) is 0 Å². The number of benzene rings is 3. The van der Waals surface area contributed by atoms with Crippen molar-refractivity contribution < 1.29 is 14.2 Å². The van der Waals surface area contributed by atoms with E-state index in [2.05, 4.69) is 10.6 Å². The number of hydrogen-bond acceptors (Lipinski definition) is 4. The lowest BCUT2D eigenvalue weighted by atomic mass is 10.2. The van der Waals surface area contributed by atoms with E-state index in [4.69, 9.17) is 30.8 Å². The standard InChI is InChI=1S/C23H21ClN2O3/c1-27-21-12-11-16(15-22(21)28-2)23-25-18-8-4-5-9-19(18)26(23)13-14-29-20-10-6-3-7-17(20)24/h3-12,15H,13-14H2,1-2H3. The molecule has 0 atom stereocenters. The number of rotatable bonds is 7. The summed E-state index contributed by atoms with van der Waals surface area (Å²) in [7, 11) is 3.25. The molecule has 0 aliphatic rings. The molecular weight excluding hydrogens is 388 g/mol. The monoisotopic (exact) mass is 408 g/mol. The molecular formula is C23H21ClN2O3. The number of methoxy groups -OCH3 is 2. The van der Waals surface area contributed by atoms with Gasteiger partial charge >= 0.3 is 0 Å². The van der Waals surface area contributed by atoms with Gasteiger partial charge in [0, 0.05) is 5.56 Å². The van der Waals surface area contributed by atoms with E-state index in [9.17, 15) is 0 Å². The van der Waals surface area contributed by atoms with E-state index in [1.807, 2.05) is 60.7 Å².